The van der Waals surface area contributed by atoms with Gasteiger partial charge in [0.05, 0.1) is 18.3 Å². The van der Waals surface area contributed by atoms with Crippen LogP contribution in [0, 0.1) is 5.82 Å². The Bertz CT molecular complexity index is 1530. The maximum atomic E-state index is 14.5. The van der Waals surface area contributed by atoms with Crippen molar-refractivity contribution in [2.24, 2.45) is 0 Å². The summed E-state index contributed by atoms with van der Waals surface area (Å²) >= 11 is 0. The first-order valence-corrected chi connectivity index (χ1v) is 11.8. The molecule has 0 spiro atoms. The first-order chi connectivity index (χ1) is 17.5. The summed E-state index contributed by atoms with van der Waals surface area (Å²) in [4.78, 5) is 22.4. The number of methoxy groups -OCH3 is 1. The number of carbonyl (C=O) groups is 1. The average molecular weight is 486 g/mol. The van der Waals surface area contributed by atoms with Gasteiger partial charge in [-0.1, -0.05) is 12.1 Å². The molecule has 5 heterocycles. The second kappa shape index (κ2) is 8.67. The summed E-state index contributed by atoms with van der Waals surface area (Å²) in [5.74, 6) is 0.563. The molecular weight excluding hydrogens is 461 g/mol. The summed E-state index contributed by atoms with van der Waals surface area (Å²) in [6.07, 6.45) is 6.31. The van der Waals surface area contributed by atoms with E-state index in [9.17, 15) is 9.18 Å². The highest BCUT2D eigenvalue weighted by Gasteiger charge is 2.31. The molecule has 0 fully saturated rings. The number of halogens is 1. The number of amides is 1. The minimum atomic E-state index is -0.504. The number of anilines is 2. The van der Waals surface area contributed by atoms with E-state index in [0.29, 0.717) is 41.4 Å². The lowest BCUT2D eigenvalue weighted by atomic mass is 9.98. The third-order valence-electron chi connectivity index (χ3n) is 6.56. The SMILES string of the molecule is COc1c(F)cccc1Nc1c2cc3n1C(=O)NC[C@H]3C/C=C\[C@@H](C)Oc1ccc3nccc-2c3n1. The molecule has 0 saturated carbocycles. The van der Waals surface area contributed by atoms with Gasteiger partial charge < -0.3 is 20.1 Å². The van der Waals surface area contributed by atoms with Crippen molar-refractivity contribution < 1.29 is 18.7 Å². The molecule has 3 aromatic heterocycles. The highest BCUT2D eigenvalue weighted by molar-refractivity contribution is 5.99. The number of nitrogens with one attached hydrogen (secondary N) is 2. The molecule has 2 atom stereocenters. The number of allylic oxidation sites excluding steroid dienone is 1. The van der Waals surface area contributed by atoms with Crippen molar-refractivity contribution in [3.63, 3.8) is 0 Å². The number of hydrogen-bond donors (Lipinski definition) is 2. The van der Waals surface area contributed by atoms with Crippen LogP contribution in [-0.2, 0) is 0 Å². The van der Waals surface area contributed by atoms with Gasteiger partial charge in [0.2, 0.25) is 5.88 Å². The maximum Gasteiger partial charge on any atom is 0.327 e. The Labute approximate surface area is 206 Å². The number of fused-ring (bicyclic) bond motifs is 3. The van der Waals surface area contributed by atoms with E-state index in [1.807, 2.05) is 31.2 Å². The van der Waals surface area contributed by atoms with E-state index in [0.717, 1.165) is 16.8 Å². The molecule has 9 heteroatoms. The van der Waals surface area contributed by atoms with Crippen LogP contribution < -0.4 is 20.1 Å². The van der Waals surface area contributed by atoms with Crippen molar-refractivity contribution in [1.29, 1.82) is 0 Å². The van der Waals surface area contributed by atoms with Crippen molar-refractivity contribution in [2.75, 3.05) is 19.0 Å². The Hall–Kier alpha value is -4.40. The van der Waals surface area contributed by atoms with Crippen molar-refractivity contribution in [2.45, 2.75) is 25.4 Å². The van der Waals surface area contributed by atoms with E-state index >= 15 is 0 Å². The normalized spacial score (nSPS) is 19.5. The molecule has 36 heavy (non-hydrogen) atoms. The molecule has 0 aliphatic carbocycles. The van der Waals surface area contributed by atoms with E-state index in [4.69, 9.17) is 14.5 Å². The summed E-state index contributed by atoms with van der Waals surface area (Å²) in [6.45, 7) is 2.46. The monoisotopic (exact) mass is 485 g/mol. The quantitative estimate of drug-likeness (QED) is 0.379. The van der Waals surface area contributed by atoms with Gasteiger partial charge in [0.25, 0.3) is 0 Å². The van der Waals surface area contributed by atoms with Crippen molar-refractivity contribution in [1.82, 2.24) is 19.9 Å². The third kappa shape index (κ3) is 3.64. The standard InChI is InChI=1S/C27H24FN5O3/c1-15-5-3-6-16-14-30-27(34)33-22(16)13-18(26(33)31-21-8-4-7-19(28)25(21)35-2)17-11-12-29-20-9-10-23(36-15)32-24(17)20/h3-5,7-13,15-16,31H,6,14H2,1-2H3,(H,30,34)/b5-3-/t15-,16-/m1/s1. The van der Waals surface area contributed by atoms with E-state index in [2.05, 4.69) is 21.7 Å². The molecule has 2 N–H and O–H groups in total. The zero-order valence-electron chi connectivity index (χ0n) is 19.8. The molecule has 6 rings (SSSR count). The smallest absolute Gasteiger partial charge is 0.327 e. The first kappa shape index (κ1) is 22.1. The van der Waals surface area contributed by atoms with E-state index in [1.54, 1.807) is 29.0 Å². The zero-order valence-corrected chi connectivity index (χ0v) is 19.8. The lowest BCUT2D eigenvalue weighted by Crippen LogP contribution is -2.39. The number of carbonyl (C=O) groups excluding carboxylic acids is 1. The second-order valence-electron chi connectivity index (χ2n) is 8.86. The zero-order chi connectivity index (χ0) is 24.8. The Morgan fingerprint density at radius 2 is 2.11 bits per heavy atom. The number of ether oxygens (including phenoxy) is 2. The van der Waals surface area contributed by atoms with Gasteiger partial charge in [-0.05, 0) is 49.8 Å². The van der Waals surface area contributed by atoms with Crippen molar-refractivity contribution >= 4 is 28.6 Å². The van der Waals surface area contributed by atoms with Gasteiger partial charge in [0.15, 0.2) is 11.6 Å². The molecule has 4 aromatic rings. The first-order valence-electron chi connectivity index (χ1n) is 11.8. The maximum absolute atomic E-state index is 14.5. The van der Waals surface area contributed by atoms with Gasteiger partial charge in [-0.25, -0.2) is 14.2 Å². The summed E-state index contributed by atoms with van der Waals surface area (Å²) in [7, 11) is 1.41. The van der Waals surface area contributed by atoms with E-state index in [1.165, 1.54) is 13.2 Å². The molecule has 182 valence electrons. The van der Waals surface area contributed by atoms with E-state index in [-0.39, 0.29) is 23.8 Å². The van der Waals surface area contributed by atoms with Gasteiger partial charge in [-0.2, -0.15) is 0 Å². The summed E-state index contributed by atoms with van der Waals surface area (Å²) in [5.41, 5.74) is 4.10. The van der Waals surface area contributed by atoms with Crippen LogP contribution in [0.1, 0.15) is 25.0 Å². The molecule has 0 unspecified atom stereocenters. The van der Waals surface area contributed by atoms with Crippen LogP contribution in [0.4, 0.5) is 20.7 Å². The van der Waals surface area contributed by atoms with Crippen molar-refractivity contribution in [3.8, 4) is 22.8 Å². The fourth-order valence-electron chi connectivity index (χ4n) is 4.87. The van der Waals surface area contributed by atoms with Gasteiger partial charge in [0.1, 0.15) is 17.4 Å². The van der Waals surface area contributed by atoms with Crippen molar-refractivity contribution in [3.05, 3.63) is 72.3 Å². The lowest BCUT2D eigenvalue weighted by Gasteiger charge is -2.26. The number of aromatic nitrogens is 3. The molecule has 1 aromatic carbocycles. The largest absolute Gasteiger partial charge is 0.492 e. The number of nitrogens with zero attached hydrogens (tertiary/aromatic N) is 3. The molecule has 4 bridgehead atoms. The molecule has 0 saturated heterocycles. The van der Waals surface area contributed by atoms with Crippen LogP contribution in [0.25, 0.3) is 22.2 Å². The Morgan fingerprint density at radius 3 is 2.97 bits per heavy atom. The highest BCUT2D eigenvalue weighted by atomic mass is 19.1. The minimum Gasteiger partial charge on any atom is -0.492 e. The van der Waals surface area contributed by atoms with Crippen LogP contribution in [0.2, 0.25) is 0 Å². The topological polar surface area (TPSA) is 90.3 Å². The van der Waals surface area contributed by atoms with E-state index < -0.39 is 5.82 Å². The molecule has 1 amide bonds. The average Bonchev–Trinajstić information content (AvgIpc) is 3.25. The van der Waals surface area contributed by atoms with Crippen LogP contribution >= 0.6 is 0 Å². The molecular formula is C27H24FN5O3. The second-order valence-corrected chi connectivity index (χ2v) is 8.86. The fourth-order valence-corrected chi connectivity index (χ4v) is 4.87. The fraction of sp³-hybridized carbons (Fsp3) is 0.222. The molecule has 8 nitrogen and oxygen atoms in total. The van der Waals surface area contributed by atoms with Crippen LogP contribution in [0.3, 0.4) is 0 Å². The van der Waals surface area contributed by atoms with Gasteiger partial charge in [0, 0.05) is 41.5 Å². The molecule has 2 aliphatic heterocycles. The number of pyridine rings is 2. The predicted molar refractivity (Wildman–Crippen MR) is 135 cm³/mol. The van der Waals surface area contributed by atoms with Crippen LogP contribution in [0.15, 0.2) is 60.8 Å². The summed E-state index contributed by atoms with van der Waals surface area (Å²) < 4.78 is 27.5. The molecule has 0 radical (unpaired) electrons. The van der Waals surface area contributed by atoms with Gasteiger partial charge >= 0.3 is 6.03 Å². The Kier molecular flexibility index (Phi) is 5.32. The number of rotatable bonds is 3. The van der Waals surface area contributed by atoms with Gasteiger partial charge in [-0.3, -0.25) is 9.55 Å². The van der Waals surface area contributed by atoms with Gasteiger partial charge in [-0.15, -0.1) is 0 Å². The predicted octanol–water partition coefficient (Wildman–Crippen LogP) is 5.37. The lowest BCUT2D eigenvalue weighted by molar-refractivity contribution is 0.237. The Morgan fingerprint density at radius 1 is 1.22 bits per heavy atom. The summed E-state index contributed by atoms with van der Waals surface area (Å²) in [5, 5.41) is 6.28. The molecule has 2 aliphatic rings. The number of para-hydroxylation sites is 1. The summed E-state index contributed by atoms with van der Waals surface area (Å²) in [6, 6.07) is 11.9. The Balaban J connectivity index is 1.64. The van der Waals surface area contributed by atoms with Crippen LogP contribution in [-0.4, -0.2) is 40.3 Å². The third-order valence-corrected chi connectivity index (χ3v) is 6.56. The minimum absolute atomic E-state index is 0.0315. The highest BCUT2D eigenvalue weighted by Crippen LogP contribution is 2.42. The number of hydrogen-bond acceptors (Lipinski definition) is 6. The number of benzene rings is 1. The van der Waals surface area contributed by atoms with Crippen LogP contribution in [0.5, 0.6) is 11.6 Å².